The summed E-state index contributed by atoms with van der Waals surface area (Å²) in [4.78, 5) is 22.5. The van der Waals surface area contributed by atoms with E-state index in [0.717, 1.165) is 0 Å². The third-order valence-corrected chi connectivity index (χ3v) is 2.42. The molecule has 1 rings (SSSR count). The molecular weight excluding hydrogens is 224 g/mol. The van der Waals surface area contributed by atoms with Gasteiger partial charge in [-0.25, -0.2) is 0 Å². The highest BCUT2D eigenvalue weighted by atomic mass is 16.5. The molecule has 0 saturated carbocycles. The van der Waals surface area contributed by atoms with Gasteiger partial charge in [0.15, 0.2) is 5.69 Å². The Labute approximate surface area is 99.0 Å². The van der Waals surface area contributed by atoms with Gasteiger partial charge in [0, 0.05) is 11.1 Å². The van der Waals surface area contributed by atoms with E-state index < -0.39 is 17.4 Å². The summed E-state index contributed by atoms with van der Waals surface area (Å²) >= 11 is 0. The van der Waals surface area contributed by atoms with E-state index in [4.69, 9.17) is 9.63 Å². The molecular formula is C11H16N2O4. The molecule has 6 heteroatoms. The van der Waals surface area contributed by atoms with Gasteiger partial charge in [-0.2, -0.15) is 0 Å². The topological polar surface area (TPSA) is 92.4 Å². The number of carbonyl (C=O) groups is 2. The first-order chi connectivity index (χ1) is 7.73. The number of nitrogens with one attached hydrogen (secondary N) is 1. The lowest BCUT2D eigenvalue weighted by Gasteiger charge is -2.23. The summed E-state index contributed by atoms with van der Waals surface area (Å²) < 4.78 is 4.88. The molecule has 0 aliphatic heterocycles. The molecule has 1 amide bonds. The summed E-state index contributed by atoms with van der Waals surface area (Å²) in [5, 5.41) is 15.0. The molecule has 0 bridgehead atoms. The number of carboxylic acids is 1. The first-order valence-electron chi connectivity index (χ1n) is 5.20. The molecule has 1 heterocycles. The van der Waals surface area contributed by atoms with Gasteiger partial charge in [0.05, 0.1) is 6.42 Å². The van der Waals surface area contributed by atoms with Crippen LogP contribution in [-0.2, 0) is 4.79 Å². The van der Waals surface area contributed by atoms with Crippen LogP contribution in [0.4, 0.5) is 0 Å². The first kappa shape index (κ1) is 13.2. The normalized spacial score (nSPS) is 11.3. The van der Waals surface area contributed by atoms with Crippen molar-refractivity contribution in [2.75, 3.05) is 0 Å². The van der Waals surface area contributed by atoms with Crippen molar-refractivity contribution in [3.8, 4) is 0 Å². The Morgan fingerprint density at radius 2 is 2.00 bits per heavy atom. The van der Waals surface area contributed by atoms with Gasteiger partial charge in [-0.3, -0.25) is 9.59 Å². The summed E-state index contributed by atoms with van der Waals surface area (Å²) in [6.45, 7) is 6.72. The molecule has 1 aromatic heterocycles. The van der Waals surface area contributed by atoms with Crippen LogP contribution in [-0.4, -0.2) is 27.7 Å². The maximum Gasteiger partial charge on any atom is 0.305 e. The molecule has 0 aliphatic rings. The third-order valence-electron chi connectivity index (χ3n) is 2.42. The van der Waals surface area contributed by atoms with Crippen molar-refractivity contribution in [1.29, 1.82) is 0 Å². The van der Waals surface area contributed by atoms with E-state index in [0.29, 0.717) is 11.3 Å². The highest BCUT2D eigenvalue weighted by Crippen LogP contribution is 2.14. The predicted molar refractivity (Wildman–Crippen MR) is 59.8 cm³/mol. The monoisotopic (exact) mass is 240 g/mol. The van der Waals surface area contributed by atoms with Crippen LogP contribution in [0.1, 0.15) is 42.1 Å². The fourth-order valence-corrected chi connectivity index (χ4v) is 1.42. The lowest BCUT2D eigenvalue weighted by atomic mass is 10.0. The maximum atomic E-state index is 11.8. The minimum atomic E-state index is -0.969. The molecule has 0 spiro atoms. The van der Waals surface area contributed by atoms with E-state index in [1.807, 2.05) is 0 Å². The molecule has 94 valence electrons. The van der Waals surface area contributed by atoms with Gasteiger partial charge in [0.2, 0.25) is 0 Å². The molecule has 0 fully saturated rings. The summed E-state index contributed by atoms with van der Waals surface area (Å²) in [6.07, 6.45) is -0.158. The lowest BCUT2D eigenvalue weighted by molar-refractivity contribution is -0.138. The number of carbonyl (C=O) groups excluding carboxylic acids is 1. The van der Waals surface area contributed by atoms with Gasteiger partial charge >= 0.3 is 5.97 Å². The van der Waals surface area contributed by atoms with E-state index in [-0.39, 0.29) is 12.1 Å². The summed E-state index contributed by atoms with van der Waals surface area (Å²) in [6, 6.07) is 0. The van der Waals surface area contributed by atoms with E-state index in [2.05, 4.69) is 10.5 Å². The van der Waals surface area contributed by atoms with E-state index in [1.165, 1.54) is 0 Å². The van der Waals surface area contributed by atoms with Crippen LogP contribution in [0.2, 0.25) is 0 Å². The smallest absolute Gasteiger partial charge is 0.305 e. The highest BCUT2D eigenvalue weighted by Gasteiger charge is 2.26. The molecule has 0 unspecified atom stereocenters. The molecule has 0 atom stereocenters. The molecule has 2 N–H and O–H groups in total. The van der Waals surface area contributed by atoms with Crippen molar-refractivity contribution in [2.24, 2.45) is 0 Å². The SMILES string of the molecule is Cc1onc(C(=O)NC(C)(C)CC(=O)O)c1C. The average molecular weight is 240 g/mol. The van der Waals surface area contributed by atoms with Crippen molar-refractivity contribution in [2.45, 2.75) is 39.7 Å². The Kier molecular flexibility index (Phi) is 3.55. The zero-order valence-corrected chi connectivity index (χ0v) is 10.3. The summed E-state index contributed by atoms with van der Waals surface area (Å²) in [7, 11) is 0. The van der Waals surface area contributed by atoms with Gasteiger partial charge in [0.25, 0.3) is 5.91 Å². The molecule has 0 aromatic carbocycles. The summed E-state index contributed by atoms with van der Waals surface area (Å²) in [5.41, 5.74) is 0.0250. The van der Waals surface area contributed by atoms with Crippen LogP contribution in [0, 0.1) is 13.8 Å². The number of amides is 1. The van der Waals surface area contributed by atoms with Gasteiger partial charge < -0.3 is 14.9 Å². The Hall–Kier alpha value is -1.85. The number of carboxylic acid groups (broad SMARTS) is 1. The number of nitrogens with zero attached hydrogens (tertiary/aromatic N) is 1. The number of aliphatic carboxylic acids is 1. The number of hydrogen-bond donors (Lipinski definition) is 2. The van der Waals surface area contributed by atoms with Crippen molar-refractivity contribution in [3.05, 3.63) is 17.0 Å². The number of aromatic nitrogens is 1. The van der Waals surface area contributed by atoms with E-state index in [9.17, 15) is 9.59 Å². The molecule has 0 aliphatic carbocycles. The Morgan fingerprint density at radius 3 is 2.41 bits per heavy atom. The zero-order chi connectivity index (χ0) is 13.2. The van der Waals surface area contributed by atoms with Crippen LogP contribution in [0.5, 0.6) is 0 Å². The van der Waals surface area contributed by atoms with Crippen molar-refractivity contribution >= 4 is 11.9 Å². The standard InChI is InChI=1S/C11H16N2O4/c1-6-7(2)17-13-9(6)10(16)12-11(3,4)5-8(14)15/h5H2,1-4H3,(H,12,16)(H,14,15). The van der Waals surface area contributed by atoms with Gasteiger partial charge in [-0.1, -0.05) is 5.16 Å². The molecule has 17 heavy (non-hydrogen) atoms. The second-order valence-corrected chi connectivity index (χ2v) is 4.62. The largest absolute Gasteiger partial charge is 0.481 e. The fraction of sp³-hybridized carbons (Fsp3) is 0.545. The van der Waals surface area contributed by atoms with Crippen molar-refractivity contribution in [1.82, 2.24) is 10.5 Å². The van der Waals surface area contributed by atoms with Crippen LogP contribution < -0.4 is 5.32 Å². The molecule has 0 radical (unpaired) electrons. The van der Waals surface area contributed by atoms with Gasteiger partial charge in [-0.05, 0) is 27.7 Å². The second-order valence-electron chi connectivity index (χ2n) is 4.62. The quantitative estimate of drug-likeness (QED) is 0.826. The van der Waals surface area contributed by atoms with Crippen LogP contribution in [0.3, 0.4) is 0 Å². The predicted octanol–water partition coefficient (Wildman–Crippen LogP) is 1.27. The number of rotatable bonds is 4. The minimum absolute atomic E-state index is 0.158. The molecule has 0 saturated heterocycles. The van der Waals surface area contributed by atoms with Crippen molar-refractivity contribution < 1.29 is 19.2 Å². The van der Waals surface area contributed by atoms with Crippen LogP contribution in [0.25, 0.3) is 0 Å². The van der Waals surface area contributed by atoms with Gasteiger partial charge in [-0.15, -0.1) is 0 Å². The Morgan fingerprint density at radius 1 is 1.41 bits per heavy atom. The van der Waals surface area contributed by atoms with Crippen molar-refractivity contribution in [3.63, 3.8) is 0 Å². The first-order valence-corrected chi connectivity index (χ1v) is 5.20. The molecule has 6 nitrogen and oxygen atoms in total. The second kappa shape index (κ2) is 4.57. The number of hydrogen-bond acceptors (Lipinski definition) is 4. The Bertz CT molecular complexity index is 448. The summed E-state index contributed by atoms with van der Waals surface area (Å²) in [5.74, 6) is -0.819. The van der Waals surface area contributed by atoms with Gasteiger partial charge in [0.1, 0.15) is 5.76 Å². The fourth-order valence-electron chi connectivity index (χ4n) is 1.42. The highest BCUT2D eigenvalue weighted by molar-refractivity contribution is 5.94. The van der Waals surface area contributed by atoms with Crippen LogP contribution in [0.15, 0.2) is 4.52 Å². The average Bonchev–Trinajstić information content (AvgIpc) is 2.44. The third kappa shape index (κ3) is 3.30. The number of aryl methyl sites for hydroxylation is 1. The van der Waals surface area contributed by atoms with E-state index >= 15 is 0 Å². The van der Waals surface area contributed by atoms with Crippen LogP contribution >= 0.6 is 0 Å². The zero-order valence-electron chi connectivity index (χ0n) is 10.3. The Balaban J connectivity index is 2.79. The van der Waals surface area contributed by atoms with E-state index in [1.54, 1.807) is 27.7 Å². The molecule has 1 aromatic rings. The minimum Gasteiger partial charge on any atom is -0.481 e. The lowest BCUT2D eigenvalue weighted by Crippen LogP contribution is -2.45. The maximum absolute atomic E-state index is 11.8.